The summed E-state index contributed by atoms with van der Waals surface area (Å²) in [6.07, 6.45) is 1.27. The van der Waals surface area contributed by atoms with Gasteiger partial charge < -0.3 is 39.8 Å². The number of amides is 4. The van der Waals surface area contributed by atoms with E-state index in [4.69, 9.17) is 30.9 Å². The van der Waals surface area contributed by atoms with Gasteiger partial charge in [-0.3, -0.25) is 19.4 Å². The number of halogens is 3. The molecular weight excluding hydrogens is 798 g/mol. The van der Waals surface area contributed by atoms with Crippen LogP contribution in [0.2, 0.25) is 0 Å². The number of carbonyl (C=O) groups is 6. The fourth-order valence-corrected chi connectivity index (χ4v) is 7.21. The molecule has 2 atom stereocenters. The Balaban J connectivity index is 0.000000225. The summed E-state index contributed by atoms with van der Waals surface area (Å²) in [7, 11) is 0. The number of cyclic esters (lactones) is 2. The highest BCUT2D eigenvalue weighted by Crippen LogP contribution is 2.33. The number of benzene rings is 2. The van der Waals surface area contributed by atoms with Crippen molar-refractivity contribution in [3.8, 4) is 0 Å². The van der Waals surface area contributed by atoms with Crippen LogP contribution in [0.25, 0.3) is 0 Å². The summed E-state index contributed by atoms with van der Waals surface area (Å²) in [5, 5.41) is 14.1. The van der Waals surface area contributed by atoms with E-state index in [9.17, 15) is 37.5 Å². The number of carbonyl (C=O) groups excluding carboxylic acids is 5. The van der Waals surface area contributed by atoms with E-state index in [0.29, 0.717) is 74.6 Å². The molecule has 318 valence electrons. The van der Waals surface area contributed by atoms with Gasteiger partial charge in [0.05, 0.1) is 55.5 Å². The number of carboxylic acid groups (broad SMARTS) is 1. The Morgan fingerprint density at radius 3 is 1.63 bits per heavy atom. The van der Waals surface area contributed by atoms with E-state index in [1.165, 1.54) is 41.9 Å². The van der Waals surface area contributed by atoms with Crippen LogP contribution in [0.5, 0.6) is 0 Å². The highest BCUT2D eigenvalue weighted by atomic mass is 35.5. The second-order valence-corrected chi connectivity index (χ2v) is 14.5. The Morgan fingerprint density at radius 2 is 1.24 bits per heavy atom. The first-order chi connectivity index (χ1) is 28.1. The smallest absolute Gasteiger partial charge is 0.414 e. The van der Waals surface area contributed by atoms with Gasteiger partial charge in [0.15, 0.2) is 0 Å². The van der Waals surface area contributed by atoms with Crippen molar-refractivity contribution in [3.63, 3.8) is 0 Å². The van der Waals surface area contributed by atoms with Gasteiger partial charge in [0.2, 0.25) is 11.8 Å². The minimum absolute atomic E-state index is 0.110. The summed E-state index contributed by atoms with van der Waals surface area (Å²) in [5.74, 6) is -2.84. The Kier molecular flexibility index (Phi) is 15.1. The standard InChI is InChI=1S/C21H25ClFN3O5.C19H22FN3O5/c1-3-30-20(28)19(22)14-6-8-25(9-7-14)18-5-4-15(10-17(18)23)26-12-16(31-21(26)29)11-24-13(2)27;1-12(24)21-10-15-11-23(19(27)28-15)14-2-3-17(16(20)9-14)22-6-4-13(5-7-22)8-18(25)26/h4-5,10,16H,3,6-9,11-12H2,1-2H3,(H,24,27);2-3,8-9,15H,4-7,10-11H2,1H3,(H,21,24)(H,25,26)/t16-;15-/m00/s1. The number of aliphatic carboxylic acids is 1. The second-order valence-electron chi connectivity index (χ2n) is 14.1. The van der Waals surface area contributed by atoms with Gasteiger partial charge in [-0.05, 0) is 74.6 Å². The number of nitrogens with one attached hydrogen (secondary N) is 2. The lowest BCUT2D eigenvalue weighted by Gasteiger charge is -2.31. The molecule has 16 nitrogen and oxygen atoms in total. The summed E-state index contributed by atoms with van der Waals surface area (Å²) in [4.78, 5) is 75.2. The number of hydrogen-bond donors (Lipinski definition) is 3. The second kappa shape index (κ2) is 20.2. The number of rotatable bonds is 11. The Bertz CT molecular complexity index is 1990. The summed E-state index contributed by atoms with van der Waals surface area (Å²) >= 11 is 6.11. The average molecular weight is 845 g/mol. The molecule has 3 N–H and O–H groups in total. The molecule has 19 heteroatoms. The van der Waals surface area contributed by atoms with Crippen molar-refractivity contribution in [2.24, 2.45) is 0 Å². The van der Waals surface area contributed by atoms with Crippen LogP contribution in [0.4, 0.5) is 41.1 Å². The molecule has 59 heavy (non-hydrogen) atoms. The first-order valence-corrected chi connectivity index (χ1v) is 19.5. The molecule has 4 fully saturated rings. The Morgan fingerprint density at radius 1 is 0.797 bits per heavy atom. The summed E-state index contributed by atoms with van der Waals surface area (Å²) < 4.78 is 44.9. The molecule has 4 aliphatic rings. The maximum atomic E-state index is 14.9. The maximum Gasteiger partial charge on any atom is 0.414 e. The molecule has 4 aliphatic heterocycles. The van der Waals surface area contributed by atoms with Crippen LogP contribution in [-0.2, 0) is 33.4 Å². The highest BCUT2D eigenvalue weighted by molar-refractivity contribution is 6.41. The minimum Gasteiger partial charge on any atom is -0.478 e. The third-order valence-electron chi connectivity index (χ3n) is 9.94. The van der Waals surface area contributed by atoms with Crippen molar-refractivity contribution in [1.29, 1.82) is 0 Å². The van der Waals surface area contributed by atoms with Gasteiger partial charge in [0.1, 0.15) is 28.9 Å². The van der Waals surface area contributed by atoms with Crippen LogP contribution in [-0.4, -0.2) is 112 Å². The fourth-order valence-electron chi connectivity index (χ4n) is 6.96. The summed E-state index contributed by atoms with van der Waals surface area (Å²) in [6, 6.07) is 9.15. The zero-order valence-corrected chi connectivity index (χ0v) is 33.7. The Hall–Kier alpha value is -5.91. The monoisotopic (exact) mass is 844 g/mol. The van der Waals surface area contributed by atoms with Crippen molar-refractivity contribution in [1.82, 2.24) is 10.6 Å². The van der Waals surface area contributed by atoms with E-state index < -0.39 is 48.0 Å². The lowest BCUT2D eigenvalue weighted by Crippen LogP contribution is -2.33. The number of piperidine rings is 2. The van der Waals surface area contributed by atoms with Gasteiger partial charge in [-0.25, -0.2) is 28.0 Å². The number of nitrogens with zero attached hydrogens (tertiary/aromatic N) is 4. The van der Waals surface area contributed by atoms with E-state index in [2.05, 4.69) is 10.6 Å². The zero-order valence-electron chi connectivity index (χ0n) is 32.9. The fraction of sp³-hybridized carbons (Fsp3) is 0.450. The van der Waals surface area contributed by atoms with Gasteiger partial charge in [-0.15, -0.1) is 0 Å². The van der Waals surface area contributed by atoms with Crippen LogP contribution in [0.3, 0.4) is 0 Å². The van der Waals surface area contributed by atoms with Crippen molar-refractivity contribution < 1.29 is 56.9 Å². The van der Waals surface area contributed by atoms with Crippen molar-refractivity contribution in [2.75, 3.05) is 78.6 Å². The maximum absolute atomic E-state index is 14.9. The van der Waals surface area contributed by atoms with E-state index >= 15 is 0 Å². The number of esters is 1. The number of hydrogen-bond acceptors (Lipinski definition) is 11. The molecule has 4 amide bonds. The van der Waals surface area contributed by atoms with Crippen molar-refractivity contribution >= 4 is 70.3 Å². The van der Waals surface area contributed by atoms with Crippen molar-refractivity contribution in [2.45, 2.75) is 58.7 Å². The molecule has 6 rings (SSSR count). The third-order valence-corrected chi connectivity index (χ3v) is 10.4. The minimum atomic E-state index is -0.965. The molecule has 2 aromatic carbocycles. The lowest BCUT2D eigenvalue weighted by molar-refractivity contribution is -0.138. The van der Waals surface area contributed by atoms with E-state index in [1.807, 2.05) is 9.80 Å². The van der Waals surface area contributed by atoms with Crippen LogP contribution in [0, 0.1) is 11.6 Å². The highest BCUT2D eigenvalue weighted by Gasteiger charge is 2.34. The summed E-state index contributed by atoms with van der Waals surface area (Å²) in [5.41, 5.74) is 3.25. The Labute approximate surface area is 344 Å². The van der Waals surface area contributed by atoms with Crippen LogP contribution < -0.4 is 30.2 Å². The predicted octanol–water partition coefficient (Wildman–Crippen LogP) is 4.84. The molecule has 2 aromatic rings. The quantitative estimate of drug-likeness (QED) is 0.159. The number of anilines is 4. The van der Waals surface area contributed by atoms with E-state index in [-0.39, 0.29) is 49.6 Å². The molecule has 0 radical (unpaired) electrons. The van der Waals surface area contributed by atoms with E-state index in [0.717, 1.165) is 11.1 Å². The third kappa shape index (κ3) is 11.8. The summed E-state index contributed by atoms with van der Waals surface area (Å²) in [6.45, 7) is 7.66. The lowest BCUT2D eigenvalue weighted by atomic mass is 10.0. The molecule has 4 saturated heterocycles. The number of ether oxygens (including phenoxy) is 3. The molecule has 0 aliphatic carbocycles. The zero-order chi connectivity index (χ0) is 42.8. The van der Waals surface area contributed by atoms with Crippen molar-refractivity contribution in [3.05, 3.63) is 70.3 Å². The molecule has 0 unspecified atom stereocenters. The first-order valence-electron chi connectivity index (χ1n) is 19.1. The van der Waals surface area contributed by atoms with Crippen LogP contribution in [0.15, 0.2) is 58.7 Å². The van der Waals surface area contributed by atoms with Gasteiger partial charge in [-0.1, -0.05) is 17.2 Å². The molecule has 0 bridgehead atoms. The molecule has 0 saturated carbocycles. The molecule has 0 aromatic heterocycles. The van der Waals surface area contributed by atoms with Gasteiger partial charge in [-0.2, -0.15) is 0 Å². The van der Waals surface area contributed by atoms with Gasteiger partial charge in [0.25, 0.3) is 0 Å². The molecule has 4 heterocycles. The van der Waals surface area contributed by atoms with Crippen LogP contribution in [0.1, 0.15) is 46.5 Å². The predicted molar refractivity (Wildman–Crippen MR) is 214 cm³/mol. The average Bonchev–Trinajstić information content (AvgIpc) is 3.77. The molecular formula is C40H47ClF2N6O10. The number of carboxylic acids is 1. The van der Waals surface area contributed by atoms with E-state index in [1.54, 1.807) is 31.2 Å². The van der Waals surface area contributed by atoms with Gasteiger partial charge in [0, 0.05) is 46.1 Å². The largest absolute Gasteiger partial charge is 0.478 e. The first kappa shape index (κ1) is 44.2. The SMILES string of the molecule is CC(=O)NC[C@H]1CN(c2ccc(N3CCC(=CC(=O)O)CC3)c(F)c2)C(=O)O1.CCOC(=O)C(Cl)=C1CCN(c2ccc(N3C[C@H](CNC(C)=O)OC3=O)cc2F)CC1. The topological polar surface area (TPSA) is 187 Å². The molecule has 0 spiro atoms. The normalized spacial score (nSPS) is 19.0. The van der Waals surface area contributed by atoms with Gasteiger partial charge >= 0.3 is 24.1 Å². The van der Waals surface area contributed by atoms with Crippen LogP contribution >= 0.6 is 11.6 Å².